The normalized spacial score (nSPS) is 14.9. The zero-order valence-electron chi connectivity index (χ0n) is 15.1. The van der Waals surface area contributed by atoms with Gasteiger partial charge in [-0.1, -0.05) is 30.3 Å². The van der Waals surface area contributed by atoms with Gasteiger partial charge >= 0.3 is 6.18 Å². The summed E-state index contributed by atoms with van der Waals surface area (Å²) in [5.41, 5.74) is -3.17. The van der Waals surface area contributed by atoms with E-state index in [2.05, 4.69) is 20.4 Å². The van der Waals surface area contributed by atoms with Gasteiger partial charge in [0.25, 0.3) is 0 Å². The molecule has 0 aliphatic rings. The fraction of sp³-hybridized carbons (Fsp3) is 0.389. The van der Waals surface area contributed by atoms with Gasteiger partial charge in [-0.25, -0.2) is 14.6 Å². The zero-order chi connectivity index (χ0) is 19.9. The summed E-state index contributed by atoms with van der Waals surface area (Å²) >= 11 is 0. The molecule has 2 aromatic heterocycles. The summed E-state index contributed by atoms with van der Waals surface area (Å²) in [7, 11) is 0. The number of hydrogen-bond donors (Lipinski definition) is 2. The standard InChI is InChI=1S/C18H20F3N5O/c1-16(2,3)26-15-13(9-25-26)14(23-11-24-15)22-10-17(27,18(19,20)21)12-7-5-4-6-8-12/h4-9,11,27H,10H2,1-3H3,(H,22,23,24). The number of aromatic nitrogens is 4. The number of anilines is 1. The van der Waals surface area contributed by atoms with Crippen molar-refractivity contribution in [2.24, 2.45) is 0 Å². The third kappa shape index (κ3) is 3.46. The van der Waals surface area contributed by atoms with Crippen LogP contribution in [0.25, 0.3) is 11.0 Å². The van der Waals surface area contributed by atoms with E-state index >= 15 is 0 Å². The lowest BCUT2D eigenvalue weighted by atomic mass is 9.93. The summed E-state index contributed by atoms with van der Waals surface area (Å²) in [5, 5.41) is 17.8. The molecule has 9 heteroatoms. The van der Waals surface area contributed by atoms with Crippen molar-refractivity contribution in [3.63, 3.8) is 0 Å². The Hall–Kier alpha value is -2.68. The first-order valence-electron chi connectivity index (χ1n) is 8.32. The lowest BCUT2D eigenvalue weighted by Gasteiger charge is -2.31. The summed E-state index contributed by atoms with van der Waals surface area (Å²) in [6.45, 7) is 5.01. The highest BCUT2D eigenvalue weighted by Gasteiger charge is 2.54. The van der Waals surface area contributed by atoms with E-state index in [1.165, 1.54) is 36.8 Å². The number of rotatable bonds is 4. The van der Waals surface area contributed by atoms with Crippen molar-refractivity contribution in [1.29, 1.82) is 0 Å². The molecule has 0 amide bonds. The van der Waals surface area contributed by atoms with Crippen LogP contribution < -0.4 is 5.32 Å². The lowest BCUT2D eigenvalue weighted by molar-refractivity contribution is -0.260. The Morgan fingerprint density at radius 3 is 2.33 bits per heavy atom. The molecular formula is C18H20F3N5O. The van der Waals surface area contributed by atoms with Gasteiger partial charge in [0.05, 0.1) is 23.7 Å². The van der Waals surface area contributed by atoms with Crippen molar-refractivity contribution in [2.45, 2.75) is 38.1 Å². The first kappa shape index (κ1) is 19.1. The van der Waals surface area contributed by atoms with Gasteiger partial charge in [-0.15, -0.1) is 0 Å². The second kappa shape index (κ2) is 6.49. The average molecular weight is 379 g/mol. The number of hydrogen-bond acceptors (Lipinski definition) is 5. The molecule has 144 valence electrons. The number of fused-ring (bicyclic) bond motifs is 1. The first-order valence-corrected chi connectivity index (χ1v) is 8.32. The minimum Gasteiger partial charge on any atom is -0.375 e. The molecule has 1 aromatic carbocycles. The molecule has 0 aliphatic carbocycles. The highest BCUT2D eigenvalue weighted by molar-refractivity contribution is 5.86. The maximum atomic E-state index is 13.6. The van der Waals surface area contributed by atoms with Gasteiger partial charge < -0.3 is 10.4 Å². The predicted octanol–water partition coefficient (Wildman–Crippen LogP) is 3.44. The fourth-order valence-electron chi connectivity index (χ4n) is 2.77. The second-order valence-corrected chi connectivity index (χ2v) is 7.26. The zero-order valence-corrected chi connectivity index (χ0v) is 15.1. The molecule has 1 unspecified atom stereocenters. The van der Waals surface area contributed by atoms with E-state index in [1.807, 2.05) is 20.8 Å². The van der Waals surface area contributed by atoms with Crippen LogP contribution >= 0.6 is 0 Å². The van der Waals surface area contributed by atoms with Crippen molar-refractivity contribution in [3.8, 4) is 0 Å². The molecular weight excluding hydrogens is 359 g/mol. The second-order valence-electron chi connectivity index (χ2n) is 7.26. The quantitative estimate of drug-likeness (QED) is 0.726. The number of benzene rings is 1. The van der Waals surface area contributed by atoms with Crippen LogP contribution in [0.3, 0.4) is 0 Å². The minimum atomic E-state index is -4.87. The number of halogens is 3. The van der Waals surface area contributed by atoms with Crippen LogP contribution in [0.1, 0.15) is 26.3 Å². The Balaban J connectivity index is 1.96. The summed E-state index contributed by atoms with van der Waals surface area (Å²) in [6, 6.07) is 6.96. The van der Waals surface area contributed by atoms with Gasteiger partial charge in [-0.2, -0.15) is 18.3 Å². The Bertz CT molecular complexity index is 934. The van der Waals surface area contributed by atoms with Crippen molar-refractivity contribution in [3.05, 3.63) is 48.4 Å². The van der Waals surface area contributed by atoms with Crippen molar-refractivity contribution < 1.29 is 18.3 Å². The SMILES string of the molecule is CC(C)(C)n1ncc2c(NCC(O)(c3ccccc3)C(F)(F)F)ncnc21. The molecule has 2 heterocycles. The molecule has 27 heavy (non-hydrogen) atoms. The minimum absolute atomic E-state index is 0.175. The molecule has 0 aliphatic heterocycles. The van der Waals surface area contributed by atoms with Crippen molar-refractivity contribution >= 4 is 16.9 Å². The van der Waals surface area contributed by atoms with Gasteiger partial charge in [-0.05, 0) is 26.3 Å². The van der Waals surface area contributed by atoms with Crippen molar-refractivity contribution in [1.82, 2.24) is 19.7 Å². The van der Waals surface area contributed by atoms with Gasteiger partial charge in [0.15, 0.2) is 5.65 Å². The number of alkyl halides is 3. The first-order chi connectivity index (χ1) is 12.5. The maximum Gasteiger partial charge on any atom is 0.423 e. The van der Waals surface area contributed by atoms with Crippen LogP contribution in [0.4, 0.5) is 19.0 Å². The third-order valence-electron chi connectivity index (χ3n) is 4.23. The van der Waals surface area contributed by atoms with E-state index in [9.17, 15) is 18.3 Å². The van der Waals surface area contributed by atoms with Gasteiger partial charge in [-0.3, -0.25) is 0 Å². The molecule has 0 saturated carbocycles. The van der Waals surface area contributed by atoms with Crippen LogP contribution in [-0.4, -0.2) is 37.6 Å². The molecule has 0 spiro atoms. The summed E-state index contributed by atoms with van der Waals surface area (Å²) in [6.07, 6.45) is -2.12. The van der Waals surface area contributed by atoms with Gasteiger partial charge in [0, 0.05) is 0 Å². The monoisotopic (exact) mass is 379 g/mol. The summed E-state index contributed by atoms with van der Waals surface area (Å²) in [4.78, 5) is 8.21. The molecule has 1 atom stereocenters. The van der Waals surface area contributed by atoms with Gasteiger partial charge in [0.2, 0.25) is 5.60 Å². The van der Waals surface area contributed by atoms with Crippen LogP contribution in [0.15, 0.2) is 42.9 Å². The largest absolute Gasteiger partial charge is 0.423 e. The maximum absolute atomic E-state index is 13.6. The van der Waals surface area contributed by atoms with E-state index in [4.69, 9.17) is 0 Å². The molecule has 0 bridgehead atoms. The number of nitrogens with one attached hydrogen (secondary N) is 1. The molecule has 3 rings (SSSR count). The predicted molar refractivity (Wildman–Crippen MR) is 95.2 cm³/mol. The Morgan fingerprint density at radius 1 is 1.07 bits per heavy atom. The van der Waals surface area contributed by atoms with E-state index in [0.29, 0.717) is 11.0 Å². The van der Waals surface area contributed by atoms with E-state index in [-0.39, 0.29) is 16.9 Å². The third-order valence-corrected chi connectivity index (χ3v) is 4.23. The van der Waals surface area contributed by atoms with Gasteiger partial charge in [0.1, 0.15) is 12.1 Å². The topological polar surface area (TPSA) is 75.9 Å². The molecule has 0 radical (unpaired) electrons. The van der Waals surface area contributed by atoms with Crippen LogP contribution in [-0.2, 0) is 11.1 Å². The van der Waals surface area contributed by atoms with Crippen molar-refractivity contribution in [2.75, 3.05) is 11.9 Å². The molecule has 3 aromatic rings. The molecule has 2 N–H and O–H groups in total. The highest BCUT2D eigenvalue weighted by Crippen LogP contribution is 2.39. The average Bonchev–Trinajstić information content (AvgIpc) is 3.04. The summed E-state index contributed by atoms with van der Waals surface area (Å²) < 4.78 is 42.6. The Labute approximate surface area is 154 Å². The van der Waals surface area contributed by atoms with Crippen LogP contribution in [0, 0.1) is 0 Å². The Kier molecular flexibility index (Phi) is 4.59. The lowest BCUT2D eigenvalue weighted by Crippen LogP contribution is -2.47. The van der Waals surface area contributed by atoms with Crippen LogP contribution in [0.2, 0.25) is 0 Å². The molecule has 6 nitrogen and oxygen atoms in total. The molecule has 0 fully saturated rings. The Morgan fingerprint density at radius 2 is 1.74 bits per heavy atom. The fourth-order valence-corrected chi connectivity index (χ4v) is 2.77. The van der Waals surface area contributed by atoms with E-state index < -0.39 is 18.3 Å². The van der Waals surface area contributed by atoms with E-state index in [1.54, 1.807) is 10.7 Å². The number of aliphatic hydroxyl groups is 1. The van der Waals surface area contributed by atoms with Crippen LogP contribution in [0.5, 0.6) is 0 Å². The smallest absolute Gasteiger partial charge is 0.375 e. The molecule has 0 saturated heterocycles. The highest BCUT2D eigenvalue weighted by atomic mass is 19.4. The number of nitrogens with zero attached hydrogens (tertiary/aromatic N) is 4. The summed E-state index contributed by atoms with van der Waals surface area (Å²) in [5.74, 6) is 0.175. The van der Waals surface area contributed by atoms with E-state index in [0.717, 1.165) is 0 Å².